The number of nitro benzene ring substituents is 2. The van der Waals surface area contributed by atoms with Crippen LogP contribution in [0.1, 0.15) is 23.2 Å². The van der Waals surface area contributed by atoms with E-state index < -0.39 is 21.2 Å². The first kappa shape index (κ1) is 13.2. The maximum Gasteiger partial charge on any atom is 0.277 e. The van der Waals surface area contributed by atoms with E-state index in [-0.39, 0.29) is 23.6 Å². The molecule has 0 bridgehead atoms. The van der Waals surface area contributed by atoms with Gasteiger partial charge in [-0.3, -0.25) is 25.0 Å². The lowest BCUT2D eigenvalue weighted by Gasteiger charge is -2.04. The average Bonchev–Trinajstić information content (AvgIpc) is 3.20. The molecule has 2 aliphatic rings. The number of carbonyl (C=O) groups is 1. The standard InChI is InChI=1S/C13H11N3O5/c17-13(14-11-3-1-2-4-12(11)14)8-5-9(15(18)19)7-10(6-8)16(20)21/h1-2,5-7,11-12H,3-4H2/t11-,12+,14?. The van der Waals surface area contributed by atoms with E-state index in [1.807, 2.05) is 12.2 Å². The highest BCUT2D eigenvalue weighted by atomic mass is 16.6. The zero-order chi connectivity index (χ0) is 15.1. The summed E-state index contributed by atoms with van der Waals surface area (Å²) < 4.78 is 0. The second-order valence-corrected chi connectivity index (χ2v) is 5.04. The van der Waals surface area contributed by atoms with Crippen LogP contribution in [0.2, 0.25) is 0 Å². The monoisotopic (exact) mass is 289 g/mol. The molecule has 1 aliphatic carbocycles. The SMILES string of the molecule is O=C(c1cc([N+](=O)[O-])cc([N+](=O)[O-])c1)N1[C@@H]2CC=CC[C@@H]21. The van der Waals surface area contributed by atoms with Gasteiger partial charge in [0.2, 0.25) is 0 Å². The molecule has 0 spiro atoms. The average molecular weight is 289 g/mol. The van der Waals surface area contributed by atoms with Crippen molar-refractivity contribution in [3.05, 3.63) is 56.1 Å². The molecule has 1 aliphatic heterocycles. The van der Waals surface area contributed by atoms with E-state index in [9.17, 15) is 25.0 Å². The molecular formula is C13H11N3O5. The summed E-state index contributed by atoms with van der Waals surface area (Å²) in [5.41, 5.74) is -0.906. The van der Waals surface area contributed by atoms with Crippen LogP contribution in [0.15, 0.2) is 30.4 Å². The largest absolute Gasteiger partial charge is 0.328 e. The van der Waals surface area contributed by atoms with Crippen LogP contribution in [0.5, 0.6) is 0 Å². The molecule has 1 saturated heterocycles. The first-order valence-corrected chi connectivity index (χ1v) is 6.40. The van der Waals surface area contributed by atoms with Crippen LogP contribution in [-0.2, 0) is 0 Å². The topological polar surface area (TPSA) is 106 Å². The van der Waals surface area contributed by atoms with Gasteiger partial charge in [0, 0.05) is 12.1 Å². The van der Waals surface area contributed by atoms with Crippen molar-refractivity contribution in [1.82, 2.24) is 4.90 Å². The summed E-state index contributed by atoms with van der Waals surface area (Å²) in [5, 5.41) is 21.7. The van der Waals surface area contributed by atoms with Crippen LogP contribution in [-0.4, -0.2) is 32.7 Å². The lowest BCUT2D eigenvalue weighted by molar-refractivity contribution is -0.394. The van der Waals surface area contributed by atoms with Crippen molar-refractivity contribution in [2.45, 2.75) is 24.9 Å². The van der Waals surface area contributed by atoms with Gasteiger partial charge in [0.1, 0.15) is 0 Å². The van der Waals surface area contributed by atoms with Crippen LogP contribution < -0.4 is 0 Å². The molecule has 0 radical (unpaired) electrons. The van der Waals surface area contributed by atoms with Crippen LogP contribution in [0, 0.1) is 20.2 Å². The molecule has 1 fully saturated rings. The van der Waals surface area contributed by atoms with Gasteiger partial charge < -0.3 is 4.90 Å². The van der Waals surface area contributed by atoms with Crippen molar-refractivity contribution in [3.63, 3.8) is 0 Å². The van der Waals surface area contributed by atoms with Crippen molar-refractivity contribution in [2.24, 2.45) is 0 Å². The number of rotatable bonds is 3. The molecule has 8 heteroatoms. The molecule has 1 amide bonds. The normalized spacial score (nSPS) is 22.6. The molecular weight excluding hydrogens is 278 g/mol. The predicted octanol–water partition coefficient (Wildman–Crippen LogP) is 2.05. The molecule has 108 valence electrons. The van der Waals surface area contributed by atoms with Gasteiger partial charge in [0.25, 0.3) is 17.3 Å². The Morgan fingerprint density at radius 3 is 1.90 bits per heavy atom. The second kappa shape index (κ2) is 4.65. The van der Waals surface area contributed by atoms with Crippen molar-refractivity contribution in [2.75, 3.05) is 0 Å². The van der Waals surface area contributed by atoms with Crippen molar-refractivity contribution in [3.8, 4) is 0 Å². The van der Waals surface area contributed by atoms with Gasteiger partial charge in [0.05, 0.1) is 33.6 Å². The summed E-state index contributed by atoms with van der Waals surface area (Å²) in [6.45, 7) is 0. The van der Waals surface area contributed by atoms with Crippen LogP contribution >= 0.6 is 0 Å². The molecule has 0 N–H and O–H groups in total. The van der Waals surface area contributed by atoms with Gasteiger partial charge >= 0.3 is 0 Å². The zero-order valence-corrected chi connectivity index (χ0v) is 10.8. The van der Waals surface area contributed by atoms with E-state index in [4.69, 9.17) is 0 Å². The van der Waals surface area contributed by atoms with Crippen molar-refractivity contribution in [1.29, 1.82) is 0 Å². The van der Waals surface area contributed by atoms with Gasteiger partial charge in [-0.1, -0.05) is 12.2 Å². The summed E-state index contributed by atoms with van der Waals surface area (Å²) in [6.07, 6.45) is 5.50. The maximum absolute atomic E-state index is 12.4. The summed E-state index contributed by atoms with van der Waals surface area (Å²) in [7, 11) is 0. The van der Waals surface area contributed by atoms with E-state index in [1.54, 1.807) is 4.90 Å². The van der Waals surface area contributed by atoms with Crippen LogP contribution in [0.25, 0.3) is 0 Å². The van der Waals surface area contributed by atoms with Gasteiger partial charge in [0.15, 0.2) is 0 Å². The number of carbonyl (C=O) groups excluding carboxylic acids is 1. The van der Waals surface area contributed by atoms with Crippen molar-refractivity contribution >= 4 is 17.3 Å². The summed E-state index contributed by atoms with van der Waals surface area (Å²) in [5.74, 6) is -0.388. The van der Waals surface area contributed by atoms with E-state index in [0.29, 0.717) is 0 Å². The maximum atomic E-state index is 12.4. The van der Waals surface area contributed by atoms with E-state index in [0.717, 1.165) is 31.0 Å². The molecule has 1 aromatic rings. The highest BCUT2D eigenvalue weighted by Crippen LogP contribution is 2.39. The first-order valence-electron chi connectivity index (χ1n) is 6.40. The zero-order valence-electron chi connectivity index (χ0n) is 10.8. The summed E-state index contributed by atoms with van der Waals surface area (Å²) >= 11 is 0. The minimum atomic E-state index is -0.735. The number of amides is 1. The Morgan fingerprint density at radius 1 is 1.00 bits per heavy atom. The molecule has 21 heavy (non-hydrogen) atoms. The molecule has 0 aromatic heterocycles. The smallest absolute Gasteiger partial charge is 0.277 e. The van der Waals surface area contributed by atoms with E-state index >= 15 is 0 Å². The highest BCUT2D eigenvalue weighted by Gasteiger charge is 2.50. The Balaban J connectivity index is 1.93. The van der Waals surface area contributed by atoms with E-state index in [2.05, 4.69) is 0 Å². The number of hydrogen-bond donors (Lipinski definition) is 0. The Labute approximate surface area is 119 Å². The quantitative estimate of drug-likeness (QED) is 0.366. The molecule has 1 heterocycles. The Kier molecular flexibility index (Phi) is 2.93. The summed E-state index contributed by atoms with van der Waals surface area (Å²) in [4.78, 5) is 34.2. The Hall–Kier alpha value is -2.77. The van der Waals surface area contributed by atoms with Gasteiger partial charge in [-0.2, -0.15) is 0 Å². The van der Waals surface area contributed by atoms with Crippen LogP contribution in [0.4, 0.5) is 11.4 Å². The highest BCUT2D eigenvalue weighted by molar-refractivity contribution is 5.97. The van der Waals surface area contributed by atoms with Gasteiger partial charge in [-0.15, -0.1) is 0 Å². The molecule has 3 rings (SSSR count). The number of non-ortho nitro benzene ring substituents is 2. The van der Waals surface area contributed by atoms with Crippen molar-refractivity contribution < 1.29 is 14.6 Å². The lowest BCUT2D eigenvalue weighted by atomic mass is 10.1. The molecule has 1 aromatic carbocycles. The molecule has 0 saturated carbocycles. The van der Waals surface area contributed by atoms with Crippen LogP contribution in [0.3, 0.4) is 0 Å². The fourth-order valence-corrected chi connectivity index (χ4v) is 2.73. The van der Waals surface area contributed by atoms with Gasteiger partial charge in [-0.05, 0) is 12.8 Å². The molecule has 2 atom stereocenters. The number of nitrogens with zero attached hydrogens (tertiary/aromatic N) is 3. The summed E-state index contributed by atoms with van der Waals surface area (Å²) in [6, 6.07) is 3.26. The first-order chi connectivity index (χ1) is 9.99. The third-order valence-electron chi connectivity index (χ3n) is 3.80. The van der Waals surface area contributed by atoms with E-state index in [1.165, 1.54) is 0 Å². The third kappa shape index (κ3) is 2.24. The fraction of sp³-hybridized carbons (Fsp3) is 0.308. The number of fused-ring (bicyclic) bond motifs is 1. The minimum absolute atomic E-state index is 0.00898. The number of nitro groups is 2. The van der Waals surface area contributed by atoms with Gasteiger partial charge in [-0.25, -0.2) is 0 Å². The lowest BCUT2D eigenvalue weighted by Crippen LogP contribution is -2.15. The number of hydrogen-bond acceptors (Lipinski definition) is 5. The second-order valence-electron chi connectivity index (χ2n) is 5.04. The minimum Gasteiger partial charge on any atom is -0.328 e. The fourth-order valence-electron chi connectivity index (χ4n) is 2.73. The Morgan fingerprint density at radius 2 is 1.48 bits per heavy atom. The Bertz CT molecular complexity index is 638. The number of benzene rings is 1. The molecule has 0 unspecified atom stereocenters. The molecule has 8 nitrogen and oxygen atoms in total. The predicted molar refractivity (Wildman–Crippen MR) is 71.9 cm³/mol. The third-order valence-corrected chi connectivity index (χ3v) is 3.80.